The monoisotopic (exact) mass is 351 g/mol. The van der Waals surface area contributed by atoms with E-state index in [2.05, 4.69) is 10.1 Å². The molecule has 0 aliphatic heterocycles. The van der Waals surface area contributed by atoms with Gasteiger partial charge in [0.15, 0.2) is 11.6 Å². The Kier molecular flexibility index (Phi) is 6.31. The Morgan fingerprint density at radius 2 is 1.92 bits per heavy atom. The van der Waals surface area contributed by atoms with Crippen molar-refractivity contribution in [3.63, 3.8) is 0 Å². The van der Waals surface area contributed by atoms with Crippen LogP contribution in [0.25, 0.3) is 0 Å². The molecule has 126 valence electrons. The van der Waals surface area contributed by atoms with E-state index in [9.17, 15) is 18.4 Å². The number of carbonyl (C=O) groups is 2. The zero-order valence-electron chi connectivity index (χ0n) is 12.8. The van der Waals surface area contributed by atoms with Gasteiger partial charge in [-0.05, 0) is 29.8 Å². The topological polar surface area (TPSA) is 55.4 Å². The van der Waals surface area contributed by atoms with Crippen molar-refractivity contribution >= 4 is 29.3 Å². The van der Waals surface area contributed by atoms with Gasteiger partial charge >= 0.3 is 5.97 Å². The second-order valence-electron chi connectivity index (χ2n) is 4.86. The van der Waals surface area contributed by atoms with Gasteiger partial charge in [0.2, 0.25) is 5.91 Å². The number of anilines is 1. The summed E-state index contributed by atoms with van der Waals surface area (Å²) < 4.78 is 30.5. The molecule has 1 N–H and O–H groups in total. The molecule has 2 rings (SSSR count). The lowest BCUT2D eigenvalue weighted by Crippen LogP contribution is -2.14. The van der Waals surface area contributed by atoms with Crippen molar-refractivity contribution in [3.8, 4) is 0 Å². The molecule has 0 aliphatic rings. The molecule has 0 saturated heterocycles. The van der Waals surface area contributed by atoms with Gasteiger partial charge in [-0.15, -0.1) is 11.8 Å². The summed E-state index contributed by atoms with van der Waals surface area (Å²) in [7, 11) is 1.31. The van der Waals surface area contributed by atoms with Gasteiger partial charge in [-0.2, -0.15) is 0 Å². The number of nitrogens with one attached hydrogen (secondary N) is 1. The maximum atomic E-state index is 13.1. The maximum absolute atomic E-state index is 13.1. The van der Waals surface area contributed by atoms with Crippen molar-refractivity contribution in [2.75, 3.05) is 18.2 Å². The third kappa shape index (κ3) is 5.06. The second-order valence-corrected chi connectivity index (χ2v) is 5.85. The van der Waals surface area contributed by atoms with Crippen molar-refractivity contribution in [2.24, 2.45) is 0 Å². The van der Waals surface area contributed by atoms with Gasteiger partial charge in [0.05, 0.1) is 18.4 Å². The van der Waals surface area contributed by atoms with Gasteiger partial charge in [-0.25, -0.2) is 13.6 Å². The summed E-state index contributed by atoms with van der Waals surface area (Å²) in [5.74, 6) is -2.06. The quantitative estimate of drug-likeness (QED) is 0.808. The van der Waals surface area contributed by atoms with E-state index >= 15 is 0 Å². The second kappa shape index (κ2) is 8.44. The molecule has 0 spiro atoms. The molecule has 0 bridgehead atoms. The summed E-state index contributed by atoms with van der Waals surface area (Å²) in [6.45, 7) is 0. The minimum atomic E-state index is -1.01. The number of benzene rings is 2. The van der Waals surface area contributed by atoms with Crippen LogP contribution in [0, 0.1) is 11.6 Å². The number of rotatable bonds is 6. The van der Waals surface area contributed by atoms with Crippen LogP contribution < -0.4 is 5.32 Å². The fraction of sp³-hybridized carbons (Fsp3) is 0.176. The zero-order chi connectivity index (χ0) is 17.5. The first kappa shape index (κ1) is 17.9. The van der Waals surface area contributed by atoms with Gasteiger partial charge in [-0.3, -0.25) is 4.79 Å². The van der Waals surface area contributed by atoms with Crippen molar-refractivity contribution in [2.45, 2.75) is 5.75 Å². The Balaban J connectivity index is 1.84. The van der Waals surface area contributed by atoms with Crippen LogP contribution >= 0.6 is 11.8 Å². The first-order valence-corrected chi connectivity index (χ1v) is 8.15. The third-order valence-electron chi connectivity index (χ3n) is 3.05. The van der Waals surface area contributed by atoms with Crippen LogP contribution in [0.2, 0.25) is 0 Å². The van der Waals surface area contributed by atoms with Crippen molar-refractivity contribution in [1.29, 1.82) is 0 Å². The number of carbonyl (C=O) groups excluding carboxylic acids is 2. The highest BCUT2D eigenvalue weighted by atomic mass is 32.2. The molecular formula is C17H15F2NO3S. The molecule has 1 amide bonds. The van der Waals surface area contributed by atoms with E-state index in [1.807, 2.05) is 6.07 Å². The van der Waals surface area contributed by atoms with Crippen LogP contribution in [0.3, 0.4) is 0 Å². The largest absolute Gasteiger partial charge is 0.465 e. The summed E-state index contributed by atoms with van der Waals surface area (Å²) in [5, 5.41) is 2.49. The van der Waals surface area contributed by atoms with E-state index in [-0.39, 0.29) is 17.3 Å². The Morgan fingerprint density at radius 3 is 2.62 bits per heavy atom. The molecule has 2 aromatic carbocycles. The van der Waals surface area contributed by atoms with Gasteiger partial charge in [-0.1, -0.05) is 12.1 Å². The predicted molar refractivity (Wildman–Crippen MR) is 88.9 cm³/mol. The number of ether oxygens (including phenoxy) is 1. The Bertz CT molecular complexity index is 752. The molecule has 0 fully saturated rings. The molecule has 0 aromatic heterocycles. The smallest absolute Gasteiger partial charge is 0.337 e. The maximum Gasteiger partial charge on any atom is 0.337 e. The standard InChI is InChI=1S/C17H15F2NO3S/c1-23-17(22)12-4-2-3-11(7-12)9-24-10-16(21)20-13-5-6-14(18)15(19)8-13/h2-8H,9-10H2,1H3,(H,20,21). The van der Waals surface area contributed by atoms with Gasteiger partial charge < -0.3 is 10.1 Å². The minimum absolute atomic E-state index is 0.140. The van der Waals surface area contributed by atoms with E-state index in [1.54, 1.807) is 18.2 Å². The Labute approximate surface area is 142 Å². The van der Waals surface area contributed by atoms with Crippen LogP contribution in [-0.4, -0.2) is 24.7 Å². The van der Waals surface area contributed by atoms with E-state index in [0.717, 1.165) is 17.7 Å². The Morgan fingerprint density at radius 1 is 1.12 bits per heavy atom. The third-order valence-corrected chi connectivity index (χ3v) is 4.06. The molecule has 0 saturated carbocycles. The fourth-order valence-electron chi connectivity index (χ4n) is 1.94. The number of halogens is 2. The lowest BCUT2D eigenvalue weighted by atomic mass is 10.1. The van der Waals surface area contributed by atoms with Crippen molar-refractivity contribution in [1.82, 2.24) is 0 Å². The van der Waals surface area contributed by atoms with E-state index in [4.69, 9.17) is 0 Å². The van der Waals surface area contributed by atoms with Crippen LogP contribution in [0.1, 0.15) is 15.9 Å². The molecule has 7 heteroatoms. The lowest BCUT2D eigenvalue weighted by molar-refractivity contribution is -0.113. The molecule has 0 atom stereocenters. The average molecular weight is 351 g/mol. The van der Waals surface area contributed by atoms with E-state index in [1.165, 1.54) is 24.9 Å². The highest BCUT2D eigenvalue weighted by Crippen LogP contribution is 2.16. The predicted octanol–water partition coefficient (Wildman–Crippen LogP) is 3.62. The number of thioether (sulfide) groups is 1. The molecule has 0 heterocycles. The average Bonchev–Trinajstić information content (AvgIpc) is 2.57. The summed E-state index contributed by atoms with van der Waals surface area (Å²) in [5.41, 5.74) is 1.53. The number of amides is 1. The number of methoxy groups -OCH3 is 1. The van der Waals surface area contributed by atoms with E-state index < -0.39 is 17.6 Å². The highest BCUT2D eigenvalue weighted by molar-refractivity contribution is 7.99. The fourth-order valence-corrected chi connectivity index (χ4v) is 2.71. The first-order valence-electron chi connectivity index (χ1n) is 6.99. The lowest BCUT2D eigenvalue weighted by Gasteiger charge is -2.06. The van der Waals surface area contributed by atoms with Crippen molar-refractivity contribution < 1.29 is 23.1 Å². The van der Waals surface area contributed by atoms with Crippen LogP contribution in [0.4, 0.5) is 14.5 Å². The number of hydrogen-bond donors (Lipinski definition) is 1. The minimum Gasteiger partial charge on any atom is -0.465 e. The number of hydrogen-bond acceptors (Lipinski definition) is 4. The first-order chi connectivity index (χ1) is 11.5. The summed E-state index contributed by atoms with van der Waals surface area (Å²) >= 11 is 1.34. The molecule has 2 aromatic rings. The summed E-state index contributed by atoms with van der Waals surface area (Å²) in [6.07, 6.45) is 0. The number of esters is 1. The van der Waals surface area contributed by atoms with Gasteiger partial charge in [0.1, 0.15) is 0 Å². The van der Waals surface area contributed by atoms with Crippen LogP contribution in [-0.2, 0) is 15.3 Å². The van der Waals surface area contributed by atoms with Crippen LogP contribution in [0.5, 0.6) is 0 Å². The summed E-state index contributed by atoms with van der Waals surface area (Å²) in [6, 6.07) is 10.1. The molecule has 0 radical (unpaired) electrons. The van der Waals surface area contributed by atoms with Crippen LogP contribution in [0.15, 0.2) is 42.5 Å². The molecule has 24 heavy (non-hydrogen) atoms. The molecule has 4 nitrogen and oxygen atoms in total. The zero-order valence-corrected chi connectivity index (χ0v) is 13.7. The van der Waals surface area contributed by atoms with Crippen molar-refractivity contribution in [3.05, 3.63) is 65.2 Å². The Hall–Kier alpha value is -2.41. The molecule has 0 aliphatic carbocycles. The van der Waals surface area contributed by atoms with E-state index in [0.29, 0.717) is 11.3 Å². The molecular weight excluding hydrogens is 336 g/mol. The summed E-state index contributed by atoms with van der Waals surface area (Å²) in [4.78, 5) is 23.2. The molecule has 0 unspecified atom stereocenters. The normalized spacial score (nSPS) is 10.3. The highest BCUT2D eigenvalue weighted by Gasteiger charge is 2.08. The SMILES string of the molecule is COC(=O)c1cccc(CSCC(=O)Nc2ccc(F)c(F)c2)c1. The van der Waals surface area contributed by atoms with Gasteiger partial charge in [0, 0.05) is 17.5 Å². The van der Waals surface area contributed by atoms with Gasteiger partial charge in [0.25, 0.3) is 0 Å².